The molecule has 1 heterocycles. The number of rotatable bonds is 2. The third-order valence-corrected chi connectivity index (χ3v) is 1.10. The molecule has 0 aromatic carbocycles. The molecule has 0 unspecified atom stereocenters. The second kappa shape index (κ2) is 2.89. The van der Waals surface area contributed by atoms with Gasteiger partial charge in [0.15, 0.2) is 0 Å². The van der Waals surface area contributed by atoms with E-state index in [0.29, 0.717) is 0 Å². The molecule has 0 fully saturated rings. The summed E-state index contributed by atoms with van der Waals surface area (Å²) in [5.74, 6) is 0.932. The monoisotopic (exact) mass is 175 g/mol. The van der Waals surface area contributed by atoms with E-state index in [1.807, 2.05) is 12.1 Å². The Hall–Kier alpha value is -0.280. The lowest BCUT2D eigenvalue weighted by Gasteiger charge is -1.87. The van der Waals surface area contributed by atoms with Crippen LogP contribution in [0.2, 0.25) is 0 Å². The van der Waals surface area contributed by atoms with E-state index in [-0.39, 0.29) is 0 Å². The molecule has 0 saturated heterocycles. The smallest absolute Gasteiger partial charge is 0.118 e. The predicted molar refractivity (Wildman–Crippen MR) is 34.5 cm³/mol. The zero-order valence-electron chi connectivity index (χ0n) is 4.23. The molecule has 2 nitrogen and oxygen atoms in total. The van der Waals surface area contributed by atoms with Crippen molar-refractivity contribution in [3.8, 4) is 0 Å². The predicted octanol–water partition coefficient (Wildman–Crippen LogP) is 1.68. The minimum Gasteiger partial charge on any atom is -0.468 e. The van der Waals surface area contributed by atoms with Crippen molar-refractivity contribution in [2.75, 3.05) is 0 Å². The first-order valence-electron chi connectivity index (χ1n) is 2.29. The van der Waals surface area contributed by atoms with Crippen LogP contribution in [-0.2, 0) is 6.54 Å². The molecular weight excluding hydrogens is 170 g/mol. The van der Waals surface area contributed by atoms with Gasteiger partial charge in [-0.2, -0.15) is 0 Å². The van der Waals surface area contributed by atoms with Gasteiger partial charge in [-0.15, -0.1) is 0 Å². The van der Waals surface area contributed by atoms with Gasteiger partial charge in [0.25, 0.3) is 0 Å². The van der Waals surface area contributed by atoms with Gasteiger partial charge < -0.3 is 4.42 Å². The molecule has 0 aliphatic carbocycles. The molecule has 3 heteroatoms. The molecule has 0 atom stereocenters. The van der Waals surface area contributed by atoms with Crippen molar-refractivity contribution < 1.29 is 4.42 Å². The van der Waals surface area contributed by atoms with Crippen LogP contribution < -0.4 is 4.34 Å². The summed E-state index contributed by atoms with van der Waals surface area (Å²) in [6, 6.07) is 3.77. The molecule has 1 aromatic rings. The maximum atomic E-state index is 4.98. The molecule has 0 saturated carbocycles. The van der Waals surface area contributed by atoms with Crippen LogP contribution in [0.3, 0.4) is 0 Å². The van der Waals surface area contributed by atoms with Crippen LogP contribution in [0.25, 0.3) is 0 Å². The molecule has 44 valence electrons. The molecule has 0 aliphatic heterocycles. The van der Waals surface area contributed by atoms with Gasteiger partial charge in [-0.25, -0.2) is 4.34 Å². The highest BCUT2D eigenvalue weighted by Gasteiger charge is 1.88. The summed E-state index contributed by atoms with van der Waals surface area (Å²) in [5, 5.41) is 0. The fourth-order valence-electron chi connectivity index (χ4n) is 0.479. The van der Waals surface area contributed by atoms with Crippen LogP contribution in [0.15, 0.2) is 22.8 Å². The van der Waals surface area contributed by atoms with Crippen molar-refractivity contribution in [2.45, 2.75) is 6.54 Å². The van der Waals surface area contributed by atoms with E-state index in [0.717, 1.165) is 12.3 Å². The van der Waals surface area contributed by atoms with E-state index < -0.39 is 0 Å². The minimum atomic E-state index is 0.729. The van der Waals surface area contributed by atoms with Crippen molar-refractivity contribution in [1.29, 1.82) is 0 Å². The van der Waals surface area contributed by atoms with Crippen molar-refractivity contribution in [2.24, 2.45) is 0 Å². The number of furan rings is 1. The molecule has 0 aliphatic rings. The summed E-state index contributed by atoms with van der Waals surface area (Å²) in [6.45, 7) is 0.729. The van der Waals surface area contributed by atoms with Crippen LogP contribution in [0, 0.1) is 0 Å². The Balaban J connectivity index is 2.50. The molecule has 8 heavy (non-hydrogen) atoms. The standard InChI is InChI=1S/C5H6BrNO/c6-7-4-5-2-1-3-8-5/h1-3,7H,4H2. The SMILES string of the molecule is BrNCc1ccco1. The van der Waals surface area contributed by atoms with Crippen molar-refractivity contribution in [1.82, 2.24) is 4.34 Å². The molecule has 0 radical (unpaired) electrons. The highest BCUT2D eigenvalue weighted by atomic mass is 79.9. The highest BCUT2D eigenvalue weighted by Crippen LogP contribution is 1.98. The number of halogens is 1. The summed E-state index contributed by atoms with van der Waals surface area (Å²) in [7, 11) is 0. The van der Waals surface area contributed by atoms with Gasteiger partial charge in [0.05, 0.1) is 12.8 Å². The van der Waals surface area contributed by atoms with Crippen LogP contribution >= 0.6 is 16.1 Å². The summed E-state index contributed by atoms with van der Waals surface area (Å²) < 4.78 is 7.77. The zero-order valence-corrected chi connectivity index (χ0v) is 5.81. The van der Waals surface area contributed by atoms with Crippen LogP contribution in [0.1, 0.15) is 5.76 Å². The van der Waals surface area contributed by atoms with E-state index in [2.05, 4.69) is 20.5 Å². The summed E-state index contributed by atoms with van der Waals surface area (Å²) in [6.07, 6.45) is 1.65. The minimum absolute atomic E-state index is 0.729. The molecule has 1 aromatic heterocycles. The summed E-state index contributed by atoms with van der Waals surface area (Å²) in [5.41, 5.74) is 0. The van der Waals surface area contributed by atoms with Crippen LogP contribution in [0.5, 0.6) is 0 Å². The topological polar surface area (TPSA) is 25.2 Å². The highest BCUT2D eigenvalue weighted by molar-refractivity contribution is 9.08. The Kier molecular flexibility index (Phi) is 2.11. The first-order valence-corrected chi connectivity index (χ1v) is 3.08. The molecule has 0 spiro atoms. The fraction of sp³-hybridized carbons (Fsp3) is 0.200. The summed E-state index contributed by atoms with van der Waals surface area (Å²) in [4.78, 5) is 0. The van der Waals surface area contributed by atoms with Crippen molar-refractivity contribution >= 4 is 16.1 Å². The maximum absolute atomic E-state index is 4.98. The third kappa shape index (κ3) is 1.35. The van der Waals surface area contributed by atoms with E-state index in [1.165, 1.54) is 0 Å². The Bertz CT molecular complexity index is 138. The number of nitrogens with one attached hydrogen (secondary N) is 1. The fourth-order valence-corrected chi connectivity index (χ4v) is 0.755. The number of hydrogen-bond donors (Lipinski definition) is 1. The van der Waals surface area contributed by atoms with Crippen LogP contribution in [-0.4, -0.2) is 0 Å². The largest absolute Gasteiger partial charge is 0.468 e. The lowest BCUT2D eigenvalue weighted by atomic mass is 10.5. The van der Waals surface area contributed by atoms with E-state index >= 15 is 0 Å². The normalized spacial score (nSPS) is 9.62. The van der Waals surface area contributed by atoms with E-state index in [4.69, 9.17) is 4.42 Å². The Morgan fingerprint density at radius 3 is 3.12 bits per heavy atom. The van der Waals surface area contributed by atoms with Gasteiger partial charge >= 0.3 is 0 Å². The Morgan fingerprint density at radius 1 is 1.75 bits per heavy atom. The Morgan fingerprint density at radius 2 is 2.62 bits per heavy atom. The van der Waals surface area contributed by atoms with Crippen LogP contribution in [0.4, 0.5) is 0 Å². The first-order chi connectivity index (χ1) is 3.93. The first kappa shape index (κ1) is 5.85. The Labute approximate surface area is 56.2 Å². The van der Waals surface area contributed by atoms with Gasteiger partial charge in [0.2, 0.25) is 0 Å². The van der Waals surface area contributed by atoms with Crippen molar-refractivity contribution in [3.63, 3.8) is 0 Å². The van der Waals surface area contributed by atoms with Gasteiger partial charge in [-0.05, 0) is 12.1 Å². The maximum Gasteiger partial charge on any atom is 0.118 e. The van der Waals surface area contributed by atoms with Gasteiger partial charge in [0, 0.05) is 16.1 Å². The molecular formula is C5H6BrNO. The van der Waals surface area contributed by atoms with E-state index in [1.54, 1.807) is 6.26 Å². The molecule has 1 N–H and O–H groups in total. The second-order valence-electron chi connectivity index (χ2n) is 1.39. The quantitative estimate of drug-likeness (QED) is 0.693. The van der Waals surface area contributed by atoms with Gasteiger partial charge in [0.1, 0.15) is 5.76 Å². The number of hydrogen-bond acceptors (Lipinski definition) is 2. The summed E-state index contributed by atoms with van der Waals surface area (Å²) >= 11 is 3.06. The van der Waals surface area contributed by atoms with Gasteiger partial charge in [-0.3, -0.25) is 0 Å². The lowest BCUT2D eigenvalue weighted by molar-refractivity contribution is 0.508. The average Bonchev–Trinajstić information content (AvgIpc) is 2.19. The van der Waals surface area contributed by atoms with E-state index in [9.17, 15) is 0 Å². The molecule has 1 rings (SSSR count). The average molecular weight is 176 g/mol. The molecule has 0 bridgehead atoms. The zero-order chi connectivity index (χ0) is 5.82. The van der Waals surface area contributed by atoms with Crippen molar-refractivity contribution in [3.05, 3.63) is 24.2 Å². The molecule has 0 amide bonds. The second-order valence-corrected chi connectivity index (χ2v) is 1.95. The van der Waals surface area contributed by atoms with Gasteiger partial charge in [-0.1, -0.05) is 0 Å². The third-order valence-electron chi connectivity index (χ3n) is 0.821. The lowest BCUT2D eigenvalue weighted by Crippen LogP contribution is -1.94.